The summed E-state index contributed by atoms with van der Waals surface area (Å²) < 4.78 is 11.5. The molecule has 1 fully saturated rings. The van der Waals surface area contributed by atoms with E-state index in [0.717, 1.165) is 37.0 Å². The van der Waals surface area contributed by atoms with Gasteiger partial charge in [0.2, 0.25) is 0 Å². The Labute approximate surface area is 127 Å². The third kappa shape index (κ3) is 5.17. The van der Waals surface area contributed by atoms with Crippen molar-refractivity contribution in [3.05, 3.63) is 35.4 Å². The highest BCUT2D eigenvalue weighted by molar-refractivity contribution is 5.39. The van der Waals surface area contributed by atoms with Gasteiger partial charge in [0.05, 0.1) is 6.10 Å². The van der Waals surface area contributed by atoms with Gasteiger partial charge in [0.15, 0.2) is 6.29 Å². The normalized spacial score (nSPS) is 20.5. The van der Waals surface area contributed by atoms with E-state index >= 15 is 0 Å². The molecule has 0 spiro atoms. The first-order valence-corrected chi connectivity index (χ1v) is 7.57. The van der Waals surface area contributed by atoms with Gasteiger partial charge >= 0.3 is 0 Å². The molecule has 0 amide bonds. The average Bonchev–Trinajstić information content (AvgIpc) is 2.46. The maximum atomic E-state index is 9.60. The molecule has 1 saturated heterocycles. The van der Waals surface area contributed by atoms with E-state index in [1.54, 1.807) is 6.92 Å². The summed E-state index contributed by atoms with van der Waals surface area (Å²) in [5.41, 5.74) is 1.20. The first-order chi connectivity index (χ1) is 9.96. The van der Waals surface area contributed by atoms with Gasteiger partial charge in [-0.05, 0) is 57.7 Å². The molecule has 0 aromatic heterocycles. The van der Waals surface area contributed by atoms with Crippen LogP contribution in [0.15, 0.2) is 24.3 Å². The number of ether oxygens (including phenoxy) is 2. The van der Waals surface area contributed by atoms with Crippen LogP contribution in [0, 0.1) is 11.8 Å². The number of hydrogen-bond acceptors (Lipinski definition) is 3. The average molecular weight is 288 g/mol. The molecule has 21 heavy (non-hydrogen) atoms. The maximum Gasteiger partial charge on any atom is 0.159 e. The molecule has 1 heterocycles. The van der Waals surface area contributed by atoms with Crippen LogP contribution in [0.4, 0.5) is 0 Å². The predicted molar refractivity (Wildman–Crippen MR) is 82.7 cm³/mol. The Kier molecular flexibility index (Phi) is 5.41. The second-order valence-electron chi connectivity index (χ2n) is 5.98. The molecule has 1 N–H and O–H groups in total. The fourth-order valence-electron chi connectivity index (χ4n) is 2.26. The summed E-state index contributed by atoms with van der Waals surface area (Å²) in [4.78, 5) is 0. The fraction of sp³-hybridized carbons (Fsp3) is 0.556. The van der Waals surface area contributed by atoms with Crippen LogP contribution in [0.5, 0.6) is 0 Å². The summed E-state index contributed by atoms with van der Waals surface area (Å²) in [6.45, 7) is 6.43. The summed E-state index contributed by atoms with van der Waals surface area (Å²) in [6.07, 6.45) is 2.56. The standard InChI is InChI=1S/C18H24O3/c1-14(19)16-8-6-7-15(13-16)10-11-18(2,3)21-17-9-4-5-12-20-17/h6-8,13-14,17,19H,4-5,9,12H2,1-3H3. The SMILES string of the molecule is CC(O)c1cccc(C#CC(C)(C)OC2CCCCO2)c1. The topological polar surface area (TPSA) is 38.7 Å². The van der Waals surface area contributed by atoms with Gasteiger partial charge < -0.3 is 14.6 Å². The van der Waals surface area contributed by atoms with Gasteiger partial charge in [0.1, 0.15) is 5.60 Å². The van der Waals surface area contributed by atoms with Gasteiger partial charge in [-0.3, -0.25) is 0 Å². The predicted octanol–water partition coefficient (Wildman–Crippen LogP) is 3.41. The van der Waals surface area contributed by atoms with E-state index in [1.807, 2.05) is 38.1 Å². The minimum atomic E-state index is -0.553. The lowest BCUT2D eigenvalue weighted by molar-refractivity contribution is -0.199. The minimum absolute atomic E-state index is 0.146. The Bertz CT molecular complexity index is 517. The van der Waals surface area contributed by atoms with E-state index in [9.17, 15) is 5.11 Å². The molecule has 1 aliphatic heterocycles. The van der Waals surface area contributed by atoms with Crippen LogP contribution in [0.3, 0.4) is 0 Å². The number of aliphatic hydroxyl groups excluding tert-OH is 1. The van der Waals surface area contributed by atoms with Crippen molar-refractivity contribution in [1.29, 1.82) is 0 Å². The minimum Gasteiger partial charge on any atom is -0.389 e. The second kappa shape index (κ2) is 7.09. The molecule has 0 saturated carbocycles. The van der Waals surface area contributed by atoms with Crippen molar-refractivity contribution in [1.82, 2.24) is 0 Å². The quantitative estimate of drug-likeness (QED) is 0.866. The highest BCUT2D eigenvalue weighted by Gasteiger charge is 2.23. The molecular weight excluding hydrogens is 264 g/mol. The van der Waals surface area contributed by atoms with Gasteiger partial charge in [-0.15, -0.1) is 0 Å². The lowest BCUT2D eigenvalue weighted by Gasteiger charge is -2.29. The van der Waals surface area contributed by atoms with E-state index < -0.39 is 11.7 Å². The number of hydrogen-bond donors (Lipinski definition) is 1. The van der Waals surface area contributed by atoms with Crippen LogP contribution in [-0.4, -0.2) is 23.6 Å². The fourth-order valence-corrected chi connectivity index (χ4v) is 2.26. The third-order valence-electron chi connectivity index (χ3n) is 3.44. The van der Waals surface area contributed by atoms with Gasteiger partial charge in [0.25, 0.3) is 0 Å². The van der Waals surface area contributed by atoms with Crippen molar-refractivity contribution in [3.63, 3.8) is 0 Å². The summed E-state index contributed by atoms with van der Waals surface area (Å²) in [5, 5.41) is 9.60. The molecule has 2 atom stereocenters. The second-order valence-corrected chi connectivity index (χ2v) is 5.98. The van der Waals surface area contributed by atoms with Crippen molar-refractivity contribution < 1.29 is 14.6 Å². The van der Waals surface area contributed by atoms with Crippen LogP contribution in [0.25, 0.3) is 0 Å². The molecule has 114 valence electrons. The Hall–Kier alpha value is -1.34. The van der Waals surface area contributed by atoms with E-state index in [0.29, 0.717) is 0 Å². The molecule has 0 bridgehead atoms. The molecule has 1 aliphatic rings. The molecule has 1 aromatic carbocycles. The zero-order valence-electron chi connectivity index (χ0n) is 13.1. The number of benzene rings is 1. The lowest BCUT2D eigenvalue weighted by atomic mass is 10.1. The molecule has 2 rings (SSSR count). The first-order valence-electron chi connectivity index (χ1n) is 7.57. The van der Waals surface area contributed by atoms with Gasteiger partial charge in [0, 0.05) is 12.2 Å². The number of aliphatic hydroxyl groups is 1. The molecule has 2 unspecified atom stereocenters. The van der Waals surface area contributed by atoms with Gasteiger partial charge in [-0.2, -0.15) is 0 Å². The summed E-state index contributed by atoms with van der Waals surface area (Å²) in [5.74, 6) is 6.28. The highest BCUT2D eigenvalue weighted by Crippen LogP contribution is 2.20. The zero-order chi connectivity index (χ0) is 15.3. The molecule has 3 nitrogen and oxygen atoms in total. The molecule has 0 aliphatic carbocycles. The molecule has 1 aromatic rings. The van der Waals surface area contributed by atoms with Crippen LogP contribution in [-0.2, 0) is 9.47 Å². The van der Waals surface area contributed by atoms with Gasteiger partial charge in [-0.25, -0.2) is 0 Å². The highest BCUT2D eigenvalue weighted by atomic mass is 16.7. The summed E-state index contributed by atoms with van der Waals surface area (Å²) in [6, 6.07) is 7.65. The van der Waals surface area contributed by atoms with Crippen LogP contribution < -0.4 is 0 Å². The molecular formula is C18H24O3. The Morgan fingerprint density at radius 1 is 1.38 bits per heavy atom. The Balaban J connectivity index is 2.03. The van der Waals surface area contributed by atoms with Crippen molar-refractivity contribution in [2.75, 3.05) is 6.61 Å². The van der Waals surface area contributed by atoms with Crippen LogP contribution >= 0.6 is 0 Å². The van der Waals surface area contributed by atoms with Crippen molar-refractivity contribution in [2.45, 2.75) is 58.0 Å². The zero-order valence-corrected chi connectivity index (χ0v) is 13.1. The number of rotatable bonds is 3. The lowest BCUT2D eigenvalue weighted by Crippen LogP contribution is -2.33. The smallest absolute Gasteiger partial charge is 0.159 e. The first kappa shape index (κ1) is 16.0. The van der Waals surface area contributed by atoms with Crippen molar-refractivity contribution in [2.24, 2.45) is 0 Å². The van der Waals surface area contributed by atoms with Gasteiger partial charge in [-0.1, -0.05) is 24.0 Å². The van der Waals surface area contributed by atoms with E-state index in [4.69, 9.17) is 9.47 Å². The van der Waals surface area contributed by atoms with E-state index in [1.165, 1.54) is 0 Å². The largest absolute Gasteiger partial charge is 0.389 e. The monoisotopic (exact) mass is 288 g/mol. The molecule has 0 radical (unpaired) electrons. The van der Waals surface area contributed by atoms with Crippen LogP contribution in [0.1, 0.15) is 57.3 Å². The van der Waals surface area contributed by atoms with Crippen molar-refractivity contribution >= 4 is 0 Å². The Morgan fingerprint density at radius 2 is 2.19 bits per heavy atom. The summed E-state index contributed by atoms with van der Waals surface area (Å²) >= 11 is 0. The van der Waals surface area contributed by atoms with E-state index in [2.05, 4.69) is 11.8 Å². The summed E-state index contributed by atoms with van der Waals surface area (Å²) in [7, 11) is 0. The maximum absolute atomic E-state index is 9.60. The van der Waals surface area contributed by atoms with E-state index in [-0.39, 0.29) is 6.29 Å². The Morgan fingerprint density at radius 3 is 2.86 bits per heavy atom. The molecule has 3 heteroatoms. The van der Waals surface area contributed by atoms with Crippen molar-refractivity contribution in [3.8, 4) is 11.8 Å². The van der Waals surface area contributed by atoms with Crippen LogP contribution in [0.2, 0.25) is 0 Å². The third-order valence-corrected chi connectivity index (χ3v) is 3.44.